The Morgan fingerprint density at radius 2 is 1.23 bits per heavy atom. The molecule has 4 rings (SSSR count). The zero-order chi connectivity index (χ0) is 20.9. The van der Waals surface area contributed by atoms with E-state index in [0.717, 1.165) is 12.8 Å². The standard InChI is InChI=1S/C26H24O4/c1-2-7-18(26(28)30-24-16-21-10-5-6-11-22(21)17-24)12-13-25(27)29-23-14-19-8-3-4-9-20(19)15-23/h2-13,23-24H,1,14-17H2. The molecule has 0 amide bonds. The van der Waals surface area contributed by atoms with Crippen LogP contribution in [0.1, 0.15) is 22.3 Å². The molecule has 0 aromatic heterocycles. The van der Waals surface area contributed by atoms with E-state index in [9.17, 15) is 9.59 Å². The third-order valence-corrected chi connectivity index (χ3v) is 5.52. The van der Waals surface area contributed by atoms with Crippen LogP contribution in [0.3, 0.4) is 0 Å². The molecule has 0 heterocycles. The van der Waals surface area contributed by atoms with Gasteiger partial charge in [0, 0.05) is 31.8 Å². The van der Waals surface area contributed by atoms with Crippen LogP contribution in [0, 0.1) is 0 Å². The molecule has 4 nitrogen and oxygen atoms in total. The van der Waals surface area contributed by atoms with E-state index in [0.29, 0.717) is 12.8 Å². The van der Waals surface area contributed by atoms with Gasteiger partial charge in [-0.2, -0.15) is 0 Å². The second-order valence-electron chi connectivity index (χ2n) is 7.63. The lowest BCUT2D eigenvalue weighted by molar-refractivity contribution is -0.143. The molecule has 2 aromatic rings. The fourth-order valence-corrected chi connectivity index (χ4v) is 4.10. The Bertz CT molecular complexity index is 981. The normalized spacial score (nSPS) is 16.3. The van der Waals surface area contributed by atoms with Crippen molar-refractivity contribution in [3.05, 3.63) is 107 Å². The molecule has 0 bridgehead atoms. The first kappa shape index (κ1) is 19.9. The molecule has 0 radical (unpaired) electrons. The Morgan fingerprint density at radius 1 is 0.767 bits per heavy atom. The molecule has 4 heteroatoms. The molecule has 0 N–H and O–H groups in total. The van der Waals surface area contributed by atoms with E-state index >= 15 is 0 Å². The number of rotatable bonds is 6. The largest absolute Gasteiger partial charge is 0.459 e. The van der Waals surface area contributed by atoms with Gasteiger partial charge < -0.3 is 9.47 Å². The van der Waals surface area contributed by atoms with Gasteiger partial charge in [0.2, 0.25) is 0 Å². The summed E-state index contributed by atoms with van der Waals surface area (Å²) in [6.45, 7) is 3.65. The van der Waals surface area contributed by atoms with Crippen LogP contribution in [0.25, 0.3) is 0 Å². The predicted octanol–water partition coefficient (Wildman–Crippen LogP) is 4.08. The summed E-state index contributed by atoms with van der Waals surface area (Å²) in [5, 5.41) is 0. The van der Waals surface area contributed by atoms with Crippen molar-refractivity contribution >= 4 is 11.9 Å². The van der Waals surface area contributed by atoms with Crippen molar-refractivity contribution in [2.24, 2.45) is 0 Å². The van der Waals surface area contributed by atoms with Crippen LogP contribution >= 0.6 is 0 Å². The highest BCUT2D eigenvalue weighted by molar-refractivity contribution is 5.94. The van der Waals surface area contributed by atoms with E-state index in [2.05, 4.69) is 30.8 Å². The monoisotopic (exact) mass is 400 g/mol. The quantitative estimate of drug-likeness (QED) is 0.417. The Hall–Kier alpha value is -3.40. The van der Waals surface area contributed by atoms with E-state index in [1.54, 1.807) is 6.08 Å². The summed E-state index contributed by atoms with van der Waals surface area (Å²) in [6.07, 6.45) is 8.25. The fraction of sp³-hybridized carbons (Fsp3) is 0.231. The number of benzene rings is 2. The van der Waals surface area contributed by atoms with Gasteiger partial charge in [-0.1, -0.05) is 61.2 Å². The number of esters is 2. The van der Waals surface area contributed by atoms with Crippen molar-refractivity contribution in [1.29, 1.82) is 0 Å². The molecular weight excluding hydrogens is 376 g/mol. The van der Waals surface area contributed by atoms with E-state index in [1.165, 1.54) is 40.5 Å². The van der Waals surface area contributed by atoms with E-state index < -0.39 is 11.9 Å². The van der Waals surface area contributed by atoms with Gasteiger partial charge in [-0.25, -0.2) is 9.59 Å². The Morgan fingerprint density at radius 3 is 1.70 bits per heavy atom. The van der Waals surface area contributed by atoms with E-state index in [-0.39, 0.29) is 17.8 Å². The van der Waals surface area contributed by atoms with Crippen molar-refractivity contribution in [2.75, 3.05) is 0 Å². The van der Waals surface area contributed by atoms with E-state index in [4.69, 9.17) is 9.47 Å². The number of allylic oxidation sites excluding steroid dienone is 2. The minimum absolute atomic E-state index is 0.171. The highest BCUT2D eigenvalue weighted by Crippen LogP contribution is 2.25. The summed E-state index contributed by atoms with van der Waals surface area (Å²) >= 11 is 0. The molecule has 0 aliphatic heterocycles. The topological polar surface area (TPSA) is 52.6 Å². The summed E-state index contributed by atoms with van der Waals surface area (Å²) in [5.74, 6) is -0.936. The maximum atomic E-state index is 12.6. The van der Waals surface area contributed by atoms with Crippen LogP contribution in [0.5, 0.6) is 0 Å². The van der Waals surface area contributed by atoms with Crippen LogP contribution in [0.4, 0.5) is 0 Å². The average Bonchev–Trinajstić information content (AvgIpc) is 3.33. The van der Waals surface area contributed by atoms with Crippen molar-refractivity contribution in [1.82, 2.24) is 0 Å². The maximum Gasteiger partial charge on any atom is 0.338 e. The second-order valence-corrected chi connectivity index (χ2v) is 7.63. The van der Waals surface area contributed by atoms with E-state index in [1.807, 2.05) is 24.3 Å². The van der Waals surface area contributed by atoms with Crippen molar-refractivity contribution in [3.63, 3.8) is 0 Å². The molecule has 152 valence electrons. The summed E-state index contributed by atoms with van der Waals surface area (Å²) in [6, 6.07) is 16.2. The highest BCUT2D eigenvalue weighted by Gasteiger charge is 2.26. The van der Waals surface area contributed by atoms with Crippen LogP contribution in [-0.4, -0.2) is 24.1 Å². The summed E-state index contributed by atoms with van der Waals surface area (Å²) in [5.41, 5.74) is 5.12. The number of hydrogen-bond acceptors (Lipinski definition) is 4. The molecule has 0 atom stereocenters. The molecule has 2 aromatic carbocycles. The number of carbonyl (C=O) groups excluding carboxylic acids is 2. The molecule has 30 heavy (non-hydrogen) atoms. The maximum absolute atomic E-state index is 12.6. The Balaban J connectivity index is 1.32. The van der Waals surface area contributed by atoms with Gasteiger partial charge >= 0.3 is 11.9 Å². The molecule has 0 spiro atoms. The van der Waals surface area contributed by atoms with Crippen LogP contribution < -0.4 is 0 Å². The van der Waals surface area contributed by atoms with Crippen LogP contribution in [0.15, 0.2) is 85.0 Å². The lowest BCUT2D eigenvalue weighted by atomic mass is 10.1. The van der Waals surface area contributed by atoms with Gasteiger partial charge in [0.15, 0.2) is 0 Å². The second kappa shape index (κ2) is 8.95. The number of ether oxygens (including phenoxy) is 2. The summed E-state index contributed by atoms with van der Waals surface area (Å²) in [4.78, 5) is 24.9. The van der Waals surface area contributed by atoms with Gasteiger partial charge in [0.25, 0.3) is 0 Å². The Labute approximate surface area is 176 Å². The smallest absolute Gasteiger partial charge is 0.338 e. The predicted molar refractivity (Wildman–Crippen MR) is 115 cm³/mol. The number of fused-ring (bicyclic) bond motifs is 2. The average molecular weight is 400 g/mol. The summed E-state index contributed by atoms with van der Waals surface area (Å²) in [7, 11) is 0. The summed E-state index contributed by atoms with van der Waals surface area (Å²) < 4.78 is 11.2. The molecule has 0 unspecified atom stereocenters. The minimum atomic E-state index is -0.469. The lowest BCUT2D eigenvalue weighted by Gasteiger charge is -2.12. The zero-order valence-corrected chi connectivity index (χ0v) is 16.8. The van der Waals surface area contributed by atoms with Crippen LogP contribution in [-0.2, 0) is 44.7 Å². The SMILES string of the molecule is C=CC=C(C=CC(=O)OC1Cc2ccccc2C1)C(=O)OC1Cc2ccccc2C1. The third kappa shape index (κ3) is 4.60. The first-order valence-corrected chi connectivity index (χ1v) is 10.2. The third-order valence-electron chi connectivity index (χ3n) is 5.52. The first-order chi connectivity index (χ1) is 14.6. The van der Waals surface area contributed by atoms with Crippen molar-refractivity contribution < 1.29 is 19.1 Å². The molecule has 2 aliphatic rings. The zero-order valence-electron chi connectivity index (χ0n) is 16.8. The molecule has 0 saturated heterocycles. The molecular formula is C26H24O4. The minimum Gasteiger partial charge on any atom is -0.459 e. The van der Waals surface area contributed by atoms with Gasteiger partial charge in [-0.15, -0.1) is 0 Å². The van der Waals surface area contributed by atoms with Crippen molar-refractivity contribution in [3.8, 4) is 0 Å². The molecule has 2 aliphatic carbocycles. The van der Waals surface area contributed by atoms with Crippen LogP contribution in [0.2, 0.25) is 0 Å². The Kier molecular flexibility index (Phi) is 5.94. The van der Waals surface area contributed by atoms with Gasteiger partial charge in [-0.05, 0) is 34.4 Å². The lowest BCUT2D eigenvalue weighted by Crippen LogP contribution is -2.20. The number of hydrogen-bond donors (Lipinski definition) is 0. The first-order valence-electron chi connectivity index (χ1n) is 10.2. The van der Waals surface area contributed by atoms with Gasteiger partial charge in [0.05, 0.1) is 5.57 Å². The fourth-order valence-electron chi connectivity index (χ4n) is 4.10. The number of carbonyl (C=O) groups is 2. The van der Waals surface area contributed by atoms with Crippen molar-refractivity contribution in [2.45, 2.75) is 37.9 Å². The highest BCUT2D eigenvalue weighted by atomic mass is 16.5. The molecule has 0 fully saturated rings. The molecule has 0 saturated carbocycles. The van der Waals surface area contributed by atoms with Gasteiger partial charge in [0.1, 0.15) is 12.2 Å². The van der Waals surface area contributed by atoms with Gasteiger partial charge in [-0.3, -0.25) is 0 Å².